The zero-order valence-electron chi connectivity index (χ0n) is 18.2. The maximum absolute atomic E-state index is 13.3. The topological polar surface area (TPSA) is 101 Å². The molecule has 4 aromatic rings. The molecule has 2 N–H and O–H groups in total. The van der Waals surface area contributed by atoms with Gasteiger partial charge in [-0.05, 0) is 59.7 Å². The normalized spacial score (nSPS) is 17.3. The van der Waals surface area contributed by atoms with Crippen LogP contribution in [0, 0.1) is 5.92 Å². The molecule has 0 radical (unpaired) electrons. The minimum absolute atomic E-state index is 0.0446. The minimum atomic E-state index is -3.78. The second-order valence-electron chi connectivity index (χ2n) is 8.29. The lowest BCUT2D eigenvalue weighted by molar-refractivity contribution is -0.117. The number of aromatic nitrogens is 2. The lowest BCUT2D eigenvalue weighted by Gasteiger charge is -2.10. The number of hydrogen-bond acceptors (Lipinski definition) is 5. The molecule has 0 bridgehead atoms. The predicted molar refractivity (Wildman–Crippen MR) is 128 cm³/mol. The van der Waals surface area contributed by atoms with Gasteiger partial charge >= 0.3 is 0 Å². The van der Waals surface area contributed by atoms with Crippen LogP contribution in [0.4, 0.5) is 20.3 Å². The van der Waals surface area contributed by atoms with E-state index in [4.69, 9.17) is 0 Å². The molecule has 7 nitrogen and oxygen atoms in total. The molecule has 1 aliphatic carbocycles. The smallest absolute Gasteiger partial charge is 0.265 e. The number of nitrogens with one attached hydrogen (secondary N) is 2. The van der Waals surface area contributed by atoms with E-state index in [2.05, 4.69) is 20.0 Å². The zero-order valence-corrected chi connectivity index (χ0v) is 19.0. The fourth-order valence-electron chi connectivity index (χ4n) is 4.04. The number of carbonyl (C=O) groups excluding carboxylic acids is 1. The van der Waals surface area contributed by atoms with E-state index >= 15 is 0 Å². The molecule has 2 aromatic carbocycles. The Labute approximate surface area is 200 Å². The van der Waals surface area contributed by atoms with Crippen molar-refractivity contribution >= 4 is 38.2 Å². The van der Waals surface area contributed by atoms with E-state index in [9.17, 15) is 22.0 Å². The molecule has 35 heavy (non-hydrogen) atoms. The van der Waals surface area contributed by atoms with Crippen molar-refractivity contribution in [2.24, 2.45) is 5.92 Å². The first kappa shape index (κ1) is 22.9. The van der Waals surface area contributed by atoms with Crippen LogP contribution >= 0.6 is 0 Å². The van der Waals surface area contributed by atoms with Crippen molar-refractivity contribution in [3.63, 3.8) is 0 Å². The largest absolute Gasteiger partial charge is 0.326 e. The Bertz CT molecular complexity index is 1500. The van der Waals surface area contributed by atoms with Gasteiger partial charge in [-0.25, -0.2) is 22.2 Å². The summed E-state index contributed by atoms with van der Waals surface area (Å²) in [6.07, 6.45) is 2.07. The molecule has 1 fully saturated rings. The molecule has 2 aromatic heterocycles. The van der Waals surface area contributed by atoms with Gasteiger partial charge in [0.05, 0.1) is 4.90 Å². The van der Waals surface area contributed by atoms with Crippen LogP contribution in [0.2, 0.25) is 0 Å². The number of anilines is 2. The summed E-state index contributed by atoms with van der Waals surface area (Å²) in [7, 11) is -3.78. The van der Waals surface area contributed by atoms with Crippen LogP contribution in [0.1, 0.15) is 29.9 Å². The number of halogens is 2. The molecule has 178 valence electrons. The molecule has 10 heteroatoms. The van der Waals surface area contributed by atoms with Gasteiger partial charge in [0.25, 0.3) is 16.4 Å². The first-order chi connectivity index (χ1) is 16.8. The molecule has 0 saturated heterocycles. The van der Waals surface area contributed by atoms with E-state index in [-0.39, 0.29) is 34.0 Å². The van der Waals surface area contributed by atoms with Crippen molar-refractivity contribution in [2.45, 2.75) is 23.7 Å². The number of pyridine rings is 2. The fourth-order valence-corrected chi connectivity index (χ4v) is 5.05. The molecular weight excluding hydrogens is 474 g/mol. The van der Waals surface area contributed by atoms with Crippen molar-refractivity contribution in [3.8, 4) is 0 Å². The van der Waals surface area contributed by atoms with Gasteiger partial charge in [-0.15, -0.1) is 0 Å². The maximum Gasteiger partial charge on any atom is 0.265 e. The van der Waals surface area contributed by atoms with Crippen LogP contribution in [-0.4, -0.2) is 24.3 Å². The molecule has 1 unspecified atom stereocenters. The summed E-state index contributed by atoms with van der Waals surface area (Å²) in [4.78, 5) is 20.7. The molecule has 2 heterocycles. The third kappa shape index (κ3) is 4.83. The summed E-state index contributed by atoms with van der Waals surface area (Å²) in [6.45, 7) is 0. The first-order valence-electron chi connectivity index (χ1n) is 10.8. The maximum atomic E-state index is 13.3. The number of rotatable bonds is 7. The number of alkyl halides is 2. The quantitative estimate of drug-likeness (QED) is 0.372. The van der Waals surface area contributed by atoms with Crippen molar-refractivity contribution in [1.82, 2.24) is 9.97 Å². The van der Waals surface area contributed by atoms with Gasteiger partial charge < -0.3 is 5.32 Å². The third-order valence-corrected chi connectivity index (χ3v) is 7.31. The van der Waals surface area contributed by atoms with E-state index in [1.54, 1.807) is 42.5 Å². The second-order valence-corrected chi connectivity index (χ2v) is 9.98. The number of nitrogens with zero attached hydrogens (tertiary/aromatic N) is 2. The Hall–Kier alpha value is -3.92. The number of benzene rings is 2. The molecule has 2 atom stereocenters. The number of sulfonamides is 1. The fraction of sp³-hybridized carbons (Fsp3) is 0.160. The summed E-state index contributed by atoms with van der Waals surface area (Å²) in [5.41, 5.74) is 1.10. The van der Waals surface area contributed by atoms with Crippen molar-refractivity contribution < 1.29 is 22.0 Å². The van der Waals surface area contributed by atoms with Gasteiger partial charge in [-0.1, -0.05) is 24.3 Å². The Kier molecular flexibility index (Phi) is 5.89. The predicted octanol–water partition coefficient (Wildman–Crippen LogP) is 5.11. The molecule has 0 aliphatic heterocycles. The van der Waals surface area contributed by atoms with Crippen LogP contribution in [0.15, 0.2) is 84.1 Å². The van der Waals surface area contributed by atoms with Gasteiger partial charge in [0, 0.05) is 41.1 Å². The van der Waals surface area contributed by atoms with Crippen molar-refractivity contribution in [1.29, 1.82) is 0 Å². The van der Waals surface area contributed by atoms with E-state index in [1.165, 1.54) is 30.6 Å². The van der Waals surface area contributed by atoms with Crippen LogP contribution in [-0.2, 0) is 14.8 Å². The highest BCUT2D eigenvalue weighted by atomic mass is 32.2. The molecule has 1 aliphatic rings. The highest BCUT2D eigenvalue weighted by Crippen LogP contribution is 2.48. The van der Waals surface area contributed by atoms with Gasteiger partial charge in [0.1, 0.15) is 5.82 Å². The zero-order chi connectivity index (χ0) is 24.6. The van der Waals surface area contributed by atoms with Crippen molar-refractivity contribution in [3.05, 3.63) is 90.4 Å². The Morgan fingerprint density at radius 3 is 2.54 bits per heavy atom. The van der Waals surface area contributed by atoms with Gasteiger partial charge in [0.2, 0.25) is 5.91 Å². The van der Waals surface area contributed by atoms with E-state index in [1.807, 2.05) is 0 Å². The number of amides is 1. The molecular formula is C25H20F2N4O3S. The Morgan fingerprint density at radius 1 is 1.03 bits per heavy atom. The summed E-state index contributed by atoms with van der Waals surface area (Å²) in [5.74, 6) is -0.319. The average Bonchev–Trinajstić information content (AvgIpc) is 3.65. The van der Waals surface area contributed by atoms with Crippen LogP contribution in [0.5, 0.6) is 0 Å². The molecule has 0 spiro atoms. The molecule has 1 amide bonds. The minimum Gasteiger partial charge on any atom is -0.326 e. The summed E-state index contributed by atoms with van der Waals surface area (Å²) in [6, 6.07) is 16.1. The lowest BCUT2D eigenvalue weighted by atomic mass is 10.1. The summed E-state index contributed by atoms with van der Waals surface area (Å²) in [5, 5.41) is 3.72. The number of hydrogen-bond donors (Lipinski definition) is 2. The van der Waals surface area contributed by atoms with Crippen LogP contribution in [0.3, 0.4) is 0 Å². The van der Waals surface area contributed by atoms with E-state index in [0.717, 1.165) is 11.8 Å². The third-order valence-electron chi connectivity index (χ3n) is 5.94. The first-order valence-corrected chi connectivity index (χ1v) is 12.3. The highest BCUT2D eigenvalue weighted by Gasteiger charge is 2.44. The number of carbonyl (C=O) groups is 1. The Balaban J connectivity index is 1.26. The van der Waals surface area contributed by atoms with Crippen LogP contribution in [0.25, 0.3) is 10.8 Å². The van der Waals surface area contributed by atoms with E-state index in [0.29, 0.717) is 22.9 Å². The Morgan fingerprint density at radius 2 is 1.83 bits per heavy atom. The van der Waals surface area contributed by atoms with Gasteiger partial charge in [-0.2, -0.15) is 0 Å². The average molecular weight is 495 g/mol. The summed E-state index contributed by atoms with van der Waals surface area (Å²) < 4.78 is 54.2. The number of fused-ring (bicyclic) bond motifs is 1. The van der Waals surface area contributed by atoms with Gasteiger partial charge in [0.15, 0.2) is 0 Å². The lowest BCUT2D eigenvalue weighted by Crippen LogP contribution is -2.15. The van der Waals surface area contributed by atoms with Gasteiger partial charge in [-0.3, -0.25) is 14.5 Å². The molecule has 5 rings (SSSR count). The SMILES string of the molecule is O=C(Nc1ccc2cncc(C(F)F)c2c1)[C@@H]1CC1c1ccc(S(=O)(=O)Nc2ccccn2)cc1. The highest BCUT2D eigenvalue weighted by molar-refractivity contribution is 7.92. The van der Waals surface area contributed by atoms with E-state index < -0.39 is 16.4 Å². The second kappa shape index (κ2) is 9.03. The van der Waals surface area contributed by atoms with Crippen LogP contribution < -0.4 is 10.0 Å². The standard InChI is InChI=1S/C25H20F2N4O3S/c26-24(27)22-14-28-13-16-4-7-17(11-19(16)22)30-25(32)21-12-20(21)15-5-8-18(9-6-15)35(33,34)31-23-3-1-2-10-29-23/h1-11,13-14,20-21,24H,12H2,(H,29,31)(H,30,32)/t20?,21-/m1/s1. The molecule has 1 saturated carbocycles. The summed E-state index contributed by atoms with van der Waals surface area (Å²) >= 11 is 0. The monoisotopic (exact) mass is 494 g/mol. The van der Waals surface area contributed by atoms with Crippen molar-refractivity contribution in [2.75, 3.05) is 10.0 Å².